The smallest absolute Gasteiger partial charge is 0.323 e. The molecule has 0 unspecified atom stereocenters. The van der Waals surface area contributed by atoms with Gasteiger partial charge in [0.05, 0.1) is 0 Å². The Kier molecular flexibility index (Phi) is 4.80. The number of anilines is 1. The fourth-order valence-electron chi connectivity index (χ4n) is 2.73. The van der Waals surface area contributed by atoms with E-state index in [1.54, 1.807) is 23.1 Å². The molecule has 0 saturated carbocycles. The molecule has 6 nitrogen and oxygen atoms in total. The van der Waals surface area contributed by atoms with Crippen LogP contribution in [-0.4, -0.2) is 47.4 Å². The second-order valence-corrected chi connectivity index (χ2v) is 5.38. The minimum Gasteiger partial charge on any atom is -0.480 e. The first kappa shape index (κ1) is 16.0. The van der Waals surface area contributed by atoms with Crippen molar-refractivity contribution in [1.29, 1.82) is 0 Å². The van der Waals surface area contributed by atoms with E-state index in [0.717, 1.165) is 11.3 Å². The Morgan fingerprint density at radius 1 is 1.32 bits per heavy atom. The number of nitrogens with zero attached hydrogens (tertiary/aromatic N) is 2. The first-order chi connectivity index (χ1) is 10.4. The van der Waals surface area contributed by atoms with E-state index in [1.165, 1.54) is 11.8 Å². The third kappa shape index (κ3) is 3.27. The Morgan fingerprint density at radius 3 is 2.64 bits per heavy atom. The molecular weight excluding hydrogens is 284 g/mol. The van der Waals surface area contributed by atoms with Crippen LogP contribution in [0.5, 0.6) is 0 Å². The number of aliphatic carboxylic acids is 1. The Balaban J connectivity index is 2.24. The monoisotopic (exact) mass is 304 g/mol. The van der Waals surface area contributed by atoms with Gasteiger partial charge in [-0.2, -0.15) is 0 Å². The number of hydrogen-bond donors (Lipinski definition) is 1. The summed E-state index contributed by atoms with van der Waals surface area (Å²) in [6, 6.07) is 5.19. The van der Waals surface area contributed by atoms with E-state index in [0.29, 0.717) is 31.5 Å². The molecule has 2 rings (SSSR count). The van der Waals surface area contributed by atoms with E-state index < -0.39 is 5.97 Å². The van der Waals surface area contributed by atoms with Crippen LogP contribution in [0.1, 0.15) is 36.2 Å². The Morgan fingerprint density at radius 2 is 2.05 bits per heavy atom. The van der Waals surface area contributed by atoms with Gasteiger partial charge in [0.25, 0.3) is 5.91 Å². The van der Waals surface area contributed by atoms with Crippen molar-refractivity contribution in [3.05, 3.63) is 29.3 Å². The third-order valence-electron chi connectivity index (χ3n) is 3.71. The highest BCUT2D eigenvalue weighted by atomic mass is 16.4. The Labute approximate surface area is 129 Å². The average Bonchev–Trinajstić information content (AvgIpc) is 2.88. The van der Waals surface area contributed by atoms with Gasteiger partial charge < -0.3 is 14.9 Å². The van der Waals surface area contributed by atoms with Crippen LogP contribution in [-0.2, 0) is 16.0 Å². The predicted octanol–water partition coefficient (Wildman–Crippen LogP) is 1.53. The number of carboxylic acid groups (broad SMARTS) is 1. The fraction of sp³-hybridized carbons (Fsp3) is 0.438. The number of hydrogen-bond acceptors (Lipinski definition) is 3. The van der Waals surface area contributed by atoms with Crippen molar-refractivity contribution in [2.45, 2.75) is 26.7 Å². The van der Waals surface area contributed by atoms with Crippen molar-refractivity contribution in [1.82, 2.24) is 4.90 Å². The van der Waals surface area contributed by atoms with Gasteiger partial charge in [-0.3, -0.25) is 14.4 Å². The molecule has 2 amide bonds. The second kappa shape index (κ2) is 6.60. The lowest BCUT2D eigenvalue weighted by molar-refractivity contribution is -0.137. The molecule has 118 valence electrons. The molecular formula is C16H20N2O4. The van der Waals surface area contributed by atoms with Crippen molar-refractivity contribution < 1.29 is 19.5 Å². The zero-order chi connectivity index (χ0) is 16.3. The summed E-state index contributed by atoms with van der Waals surface area (Å²) in [4.78, 5) is 37.9. The van der Waals surface area contributed by atoms with E-state index in [-0.39, 0.29) is 18.4 Å². The average molecular weight is 304 g/mol. The maximum Gasteiger partial charge on any atom is 0.323 e. The Bertz CT molecular complexity index is 612. The minimum absolute atomic E-state index is 0.0173. The van der Waals surface area contributed by atoms with E-state index in [2.05, 4.69) is 0 Å². The molecule has 1 aromatic rings. The van der Waals surface area contributed by atoms with E-state index in [4.69, 9.17) is 5.11 Å². The zero-order valence-corrected chi connectivity index (χ0v) is 12.8. The summed E-state index contributed by atoms with van der Waals surface area (Å²) in [6.45, 7) is 4.14. The van der Waals surface area contributed by atoms with Gasteiger partial charge in [0.1, 0.15) is 6.54 Å². The van der Waals surface area contributed by atoms with Gasteiger partial charge in [-0.05, 0) is 36.6 Å². The maximum absolute atomic E-state index is 12.5. The van der Waals surface area contributed by atoms with Gasteiger partial charge in [0, 0.05) is 31.3 Å². The summed E-state index contributed by atoms with van der Waals surface area (Å²) >= 11 is 0. The van der Waals surface area contributed by atoms with Crippen LogP contribution >= 0.6 is 0 Å². The molecule has 0 aromatic heterocycles. The van der Waals surface area contributed by atoms with Gasteiger partial charge in [-0.25, -0.2) is 0 Å². The van der Waals surface area contributed by atoms with Crippen LogP contribution < -0.4 is 4.90 Å². The van der Waals surface area contributed by atoms with Gasteiger partial charge >= 0.3 is 5.97 Å². The highest BCUT2D eigenvalue weighted by molar-refractivity contribution is 5.98. The molecule has 0 radical (unpaired) electrons. The van der Waals surface area contributed by atoms with Gasteiger partial charge in [-0.1, -0.05) is 6.92 Å². The third-order valence-corrected chi connectivity index (χ3v) is 3.71. The van der Waals surface area contributed by atoms with E-state index in [1.807, 2.05) is 6.92 Å². The van der Waals surface area contributed by atoms with Crippen LogP contribution in [0.25, 0.3) is 0 Å². The summed E-state index contributed by atoms with van der Waals surface area (Å²) in [5, 5.41) is 8.92. The molecule has 0 atom stereocenters. The lowest BCUT2D eigenvalue weighted by Crippen LogP contribution is -2.36. The standard InChI is InChI=1S/C16H20N2O4/c1-3-7-17(10-15(20)21)16(22)13-4-5-14-12(9-13)6-8-18(14)11(2)19/h4-5,9H,3,6-8,10H2,1-2H3,(H,20,21). The number of fused-ring (bicyclic) bond motifs is 1. The highest BCUT2D eigenvalue weighted by Crippen LogP contribution is 2.29. The Hall–Kier alpha value is -2.37. The second-order valence-electron chi connectivity index (χ2n) is 5.38. The molecule has 0 spiro atoms. The number of amides is 2. The van der Waals surface area contributed by atoms with Crippen LogP contribution in [0.2, 0.25) is 0 Å². The van der Waals surface area contributed by atoms with Crippen molar-refractivity contribution in [3.8, 4) is 0 Å². The lowest BCUT2D eigenvalue weighted by atomic mass is 10.1. The molecule has 0 bridgehead atoms. The molecule has 6 heteroatoms. The largest absolute Gasteiger partial charge is 0.480 e. The van der Waals surface area contributed by atoms with E-state index in [9.17, 15) is 14.4 Å². The molecule has 0 saturated heterocycles. The number of carboxylic acids is 1. The quantitative estimate of drug-likeness (QED) is 0.895. The van der Waals surface area contributed by atoms with Crippen molar-refractivity contribution in [2.75, 3.05) is 24.5 Å². The molecule has 1 N–H and O–H groups in total. The number of benzene rings is 1. The van der Waals surface area contributed by atoms with Crippen LogP contribution in [0.3, 0.4) is 0 Å². The van der Waals surface area contributed by atoms with Crippen molar-refractivity contribution >= 4 is 23.5 Å². The van der Waals surface area contributed by atoms with Crippen LogP contribution in [0.4, 0.5) is 5.69 Å². The first-order valence-electron chi connectivity index (χ1n) is 7.36. The van der Waals surface area contributed by atoms with Crippen molar-refractivity contribution in [3.63, 3.8) is 0 Å². The molecule has 1 aliphatic rings. The summed E-state index contributed by atoms with van der Waals surface area (Å²) in [5.74, 6) is -1.32. The molecule has 0 aliphatic carbocycles. The molecule has 0 fully saturated rings. The normalized spacial score (nSPS) is 12.9. The van der Waals surface area contributed by atoms with Crippen LogP contribution in [0, 0.1) is 0 Å². The SMILES string of the molecule is CCCN(CC(=O)O)C(=O)c1ccc2c(c1)CCN2C(C)=O. The fourth-order valence-corrected chi connectivity index (χ4v) is 2.73. The van der Waals surface area contributed by atoms with E-state index >= 15 is 0 Å². The van der Waals surface area contributed by atoms with Gasteiger partial charge in [-0.15, -0.1) is 0 Å². The summed E-state index contributed by atoms with van der Waals surface area (Å²) in [7, 11) is 0. The number of rotatable bonds is 5. The molecule has 1 heterocycles. The summed E-state index contributed by atoms with van der Waals surface area (Å²) in [5.41, 5.74) is 2.26. The van der Waals surface area contributed by atoms with Crippen LogP contribution in [0.15, 0.2) is 18.2 Å². The maximum atomic E-state index is 12.5. The summed E-state index contributed by atoms with van der Waals surface area (Å²) < 4.78 is 0. The zero-order valence-electron chi connectivity index (χ0n) is 12.8. The number of carbonyl (C=O) groups excluding carboxylic acids is 2. The predicted molar refractivity (Wildman–Crippen MR) is 82.0 cm³/mol. The summed E-state index contributed by atoms with van der Waals surface area (Å²) in [6.07, 6.45) is 1.41. The molecule has 1 aromatic carbocycles. The molecule has 22 heavy (non-hydrogen) atoms. The minimum atomic E-state index is -1.02. The lowest BCUT2D eigenvalue weighted by Gasteiger charge is -2.20. The van der Waals surface area contributed by atoms with Gasteiger partial charge in [0.15, 0.2) is 0 Å². The topological polar surface area (TPSA) is 77.9 Å². The highest BCUT2D eigenvalue weighted by Gasteiger charge is 2.24. The van der Waals surface area contributed by atoms with Crippen molar-refractivity contribution in [2.24, 2.45) is 0 Å². The molecule has 1 aliphatic heterocycles. The first-order valence-corrected chi connectivity index (χ1v) is 7.36. The van der Waals surface area contributed by atoms with Gasteiger partial charge in [0.2, 0.25) is 5.91 Å². The number of carbonyl (C=O) groups is 3.